The first-order chi connectivity index (χ1) is 9.86. The van der Waals surface area contributed by atoms with Crippen LogP contribution in [0.25, 0.3) is 10.7 Å². The molecule has 21 heavy (non-hydrogen) atoms. The Hall–Kier alpha value is -0.920. The van der Waals surface area contributed by atoms with E-state index in [0.29, 0.717) is 12.4 Å². The Morgan fingerprint density at radius 1 is 1.38 bits per heavy atom. The van der Waals surface area contributed by atoms with Gasteiger partial charge in [-0.1, -0.05) is 13.8 Å². The highest BCUT2D eigenvalue weighted by Crippen LogP contribution is 2.36. The largest absolute Gasteiger partial charge is 0.296 e. The molecule has 0 spiro atoms. The number of thiophene rings is 1. The van der Waals surface area contributed by atoms with E-state index in [1.165, 1.54) is 16.9 Å². The smallest absolute Gasteiger partial charge is 0.296 e. The average Bonchev–Trinajstić information content (AvgIpc) is 2.97. The minimum atomic E-state index is -3.89. The maximum atomic E-state index is 11.7. The maximum Gasteiger partial charge on any atom is 0.296 e. The summed E-state index contributed by atoms with van der Waals surface area (Å²) >= 11 is 1.68. The third-order valence-corrected chi connectivity index (χ3v) is 5.83. The van der Waals surface area contributed by atoms with Crippen LogP contribution in [0.4, 0.5) is 0 Å². The molecule has 0 amide bonds. The predicted octanol–water partition coefficient (Wildman–Crippen LogP) is 3.08. The molecule has 1 aliphatic rings. The van der Waals surface area contributed by atoms with Crippen molar-refractivity contribution in [3.63, 3.8) is 0 Å². The number of aromatic nitrogens is 3. The number of hydrogen-bond donors (Lipinski definition) is 0. The molecule has 0 saturated carbocycles. The molecule has 2 heterocycles. The average molecular weight is 346 g/mol. The van der Waals surface area contributed by atoms with Crippen molar-refractivity contribution in [1.82, 2.24) is 14.8 Å². The first-order valence-electron chi connectivity index (χ1n) is 6.86. The zero-order valence-corrected chi connectivity index (χ0v) is 14.2. The predicted molar refractivity (Wildman–Crippen MR) is 83.2 cm³/mol. The summed E-state index contributed by atoms with van der Waals surface area (Å²) in [5.74, 6) is 0.867. The number of halogens is 1. The zero-order chi connectivity index (χ0) is 15.2. The fourth-order valence-corrected chi connectivity index (χ4v) is 4.77. The maximum absolute atomic E-state index is 11.7. The number of rotatable bonds is 4. The van der Waals surface area contributed by atoms with Crippen LogP contribution >= 0.6 is 22.0 Å². The van der Waals surface area contributed by atoms with E-state index in [1.54, 1.807) is 15.9 Å². The molecule has 0 radical (unpaired) electrons. The molecule has 0 saturated heterocycles. The molecule has 2 aromatic rings. The lowest BCUT2D eigenvalue weighted by Gasteiger charge is -2.10. The highest BCUT2D eigenvalue weighted by molar-refractivity contribution is 8.13. The van der Waals surface area contributed by atoms with Crippen molar-refractivity contribution in [2.24, 2.45) is 5.92 Å². The lowest BCUT2D eigenvalue weighted by molar-refractivity contribution is 0.489. The molecule has 114 valence electrons. The van der Waals surface area contributed by atoms with E-state index in [1.807, 2.05) is 13.8 Å². The van der Waals surface area contributed by atoms with Crippen LogP contribution in [0.2, 0.25) is 0 Å². The van der Waals surface area contributed by atoms with Gasteiger partial charge in [0.25, 0.3) is 14.2 Å². The van der Waals surface area contributed by atoms with E-state index in [2.05, 4.69) is 16.3 Å². The Labute approximate surface area is 132 Å². The molecule has 0 aromatic carbocycles. The second-order valence-electron chi connectivity index (χ2n) is 5.66. The van der Waals surface area contributed by atoms with E-state index >= 15 is 0 Å². The first kappa shape index (κ1) is 15.0. The summed E-state index contributed by atoms with van der Waals surface area (Å²) in [6, 6.07) is 2.11. The number of fused-ring (bicyclic) bond motifs is 1. The third kappa shape index (κ3) is 2.86. The van der Waals surface area contributed by atoms with Crippen LogP contribution in [0.5, 0.6) is 0 Å². The number of hydrogen-bond acceptors (Lipinski definition) is 5. The standard InChI is InChI=1S/C13H16ClN3O2S2/c1-8(2)7-17-12(15-16-13(17)21(14,18)19)11-6-9-4-3-5-10(9)20-11/h6,8H,3-5,7H2,1-2H3. The monoisotopic (exact) mass is 345 g/mol. The van der Waals surface area contributed by atoms with Crippen molar-refractivity contribution in [3.05, 3.63) is 16.5 Å². The zero-order valence-electron chi connectivity index (χ0n) is 11.8. The molecule has 0 unspecified atom stereocenters. The van der Waals surface area contributed by atoms with Crippen molar-refractivity contribution in [2.45, 2.75) is 44.8 Å². The quantitative estimate of drug-likeness (QED) is 0.799. The summed E-state index contributed by atoms with van der Waals surface area (Å²) in [7, 11) is 1.58. The van der Waals surface area contributed by atoms with Crippen molar-refractivity contribution in [1.29, 1.82) is 0 Å². The summed E-state index contributed by atoms with van der Waals surface area (Å²) in [6.07, 6.45) is 3.38. The van der Waals surface area contributed by atoms with Gasteiger partial charge in [0, 0.05) is 22.1 Å². The molecule has 8 heteroatoms. The molecule has 0 fully saturated rings. The van der Waals surface area contributed by atoms with E-state index in [4.69, 9.17) is 10.7 Å². The normalized spacial score (nSPS) is 14.9. The van der Waals surface area contributed by atoms with Gasteiger partial charge in [-0.15, -0.1) is 21.5 Å². The van der Waals surface area contributed by atoms with Crippen molar-refractivity contribution in [3.8, 4) is 10.7 Å². The minimum Gasteiger partial charge on any atom is -0.296 e. The van der Waals surface area contributed by atoms with Gasteiger partial charge in [-0.05, 0) is 36.8 Å². The minimum absolute atomic E-state index is 0.165. The van der Waals surface area contributed by atoms with Gasteiger partial charge in [0.05, 0.1) is 4.88 Å². The number of nitrogens with zero attached hydrogens (tertiary/aromatic N) is 3. The van der Waals surface area contributed by atoms with Crippen LogP contribution in [-0.2, 0) is 28.4 Å². The van der Waals surface area contributed by atoms with Gasteiger partial charge in [0.15, 0.2) is 5.82 Å². The Morgan fingerprint density at radius 3 is 2.76 bits per heavy atom. The Balaban J connectivity index is 2.11. The summed E-state index contributed by atoms with van der Waals surface area (Å²) in [6.45, 7) is 4.55. The Morgan fingerprint density at radius 2 is 2.14 bits per heavy atom. The molecule has 0 N–H and O–H groups in total. The lowest BCUT2D eigenvalue weighted by atomic mass is 10.2. The fourth-order valence-electron chi connectivity index (χ4n) is 2.62. The van der Waals surface area contributed by atoms with Crippen molar-refractivity contribution in [2.75, 3.05) is 0 Å². The lowest BCUT2D eigenvalue weighted by Crippen LogP contribution is -2.11. The van der Waals surface area contributed by atoms with Gasteiger partial charge < -0.3 is 0 Å². The van der Waals surface area contributed by atoms with Crippen LogP contribution in [0.15, 0.2) is 11.2 Å². The summed E-state index contributed by atoms with van der Waals surface area (Å²) in [4.78, 5) is 2.35. The van der Waals surface area contributed by atoms with E-state index in [0.717, 1.165) is 17.7 Å². The van der Waals surface area contributed by atoms with Crippen LogP contribution in [-0.4, -0.2) is 23.2 Å². The van der Waals surface area contributed by atoms with Crippen LogP contribution in [0.1, 0.15) is 30.7 Å². The van der Waals surface area contributed by atoms with Crippen molar-refractivity contribution >= 4 is 31.1 Å². The molecule has 0 bridgehead atoms. The molecular weight excluding hydrogens is 330 g/mol. The molecular formula is C13H16ClN3O2S2. The Bertz CT molecular complexity index is 756. The molecule has 3 rings (SSSR count). The van der Waals surface area contributed by atoms with Crippen LogP contribution in [0, 0.1) is 5.92 Å². The highest BCUT2D eigenvalue weighted by Gasteiger charge is 2.26. The molecule has 0 atom stereocenters. The van der Waals surface area contributed by atoms with Gasteiger partial charge >= 0.3 is 0 Å². The second-order valence-corrected chi connectivity index (χ2v) is 9.26. The molecule has 5 nitrogen and oxygen atoms in total. The third-order valence-electron chi connectivity index (χ3n) is 3.45. The second kappa shape index (κ2) is 5.37. The van der Waals surface area contributed by atoms with Gasteiger partial charge in [0.2, 0.25) is 0 Å². The summed E-state index contributed by atoms with van der Waals surface area (Å²) in [5.41, 5.74) is 1.35. The van der Waals surface area contributed by atoms with E-state index in [9.17, 15) is 8.42 Å². The van der Waals surface area contributed by atoms with E-state index < -0.39 is 9.05 Å². The van der Waals surface area contributed by atoms with Crippen LogP contribution < -0.4 is 0 Å². The van der Waals surface area contributed by atoms with Gasteiger partial charge in [-0.2, -0.15) is 0 Å². The molecule has 1 aliphatic carbocycles. The first-order valence-corrected chi connectivity index (χ1v) is 9.98. The topological polar surface area (TPSA) is 64.8 Å². The van der Waals surface area contributed by atoms with E-state index in [-0.39, 0.29) is 11.1 Å². The van der Waals surface area contributed by atoms with Gasteiger partial charge in [-0.3, -0.25) is 4.57 Å². The highest BCUT2D eigenvalue weighted by atomic mass is 35.7. The van der Waals surface area contributed by atoms with Crippen molar-refractivity contribution < 1.29 is 8.42 Å². The van der Waals surface area contributed by atoms with Gasteiger partial charge in [0.1, 0.15) is 0 Å². The molecule has 2 aromatic heterocycles. The molecule has 0 aliphatic heterocycles. The Kier molecular flexibility index (Phi) is 3.83. The number of aryl methyl sites for hydroxylation is 2. The van der Waals surface area contributed by atoms with Crippen LogP contribution in [0.3, 0.4) is 0 Å². The summed E-state index contributed by atoms with van der Waals surface area (Å²) in [5, 5.41) is 7.71. The SMILES string of the molecule is CC(C)Cn1c(-c2cc3c(s2)CCC3)nnc1S(=O)(=O)Cl. The summed E-state index contributed by atoms with van der Waals surface area (Å²) < 4.78 is 24.9. The fraction of sp³-hybridized carbons (Fsp3) is 0.538. The van der Waals surface area contributed by atoms with Gasteiger partial charge in [-0.25, -0.2) is 8.42 Å².